The van der Waals surface area contributed by atoms with Gasteiger partial charge in [0.15, 0.2) is 0 Å². The van der Waals surface area contributed by atoms with Crippen LogP contribution in [-0.4, -0.2) is 39.7 Å². The van der Waals surface area contributed by atoms with E-state index in [4.69, 9.17) is 0 Å². The largest absolute Gasteiger partial charge is 0.507 e. The lowest BCUT2D eigenvalue weighted by molar-refractivity contribution is 0.0792. The van der Waals surface area contributed by atoms with E-state index in [1.165, 1.54) is 11.1 Å². The Kier molecular flexibility index (Phi) is 4.74. The van der Waals surface area contributed by atoms with Crippen LogP contribution in [0.25, 0.3) is 10.9 Å². The maximum atomic E-state index is 12.6. The molecule has 0 aliphatic rings. The second-order valence-electron chi connectivity index (χ2n) is 6.42. The van der Waals surface area contributed by atoms with E-state index in [0.29, 0.717) is 24.0 Å². The number of phenolic OH excluding ortho intramolecular Hbond substituents is 1. The lowest BCUT2D eigenvalue weighted by Gasteiger charge is -2.16. The van der Waals surface area contributed by atoms with Gasteiger partial charge in [0.2, 0.25) is 0 Å². The maximum absolute atomic E-state index is 12.6. The summed E-state index contributed by atoms with van der Waals surface area (Å²) in [5.41, 5.74) is 4.34. The van der Waals surface area contributed by atoms with Crippen molar-refractivity contribution in [3.8, 4) is 5.75 Å². The summed E-state index contributed by atoms with van der Waals surface area (Å²) >= 11 is 0. The molecule has 1 heterocycles. The van der Waals surface area contributed by atoms with Gasteiger partial charge in [0.05, 0.1) is 11.1 Å². The molecule has 5 nitrogen and oxygen atoms in total. The first-order valence-electron chi connectivity index (χ1n) is 8.51. The topological polar surface area (TPSA) is 69.2 Å². The number of hydrogen-bond donors (Lipinski definition) is 2. The van der Waals surface area contributed by atoms with Crippen LogP contribution in [0.2, 0.25) is 0 Å². The van der Waals surface area contributed by atoms with Gasteiger partial charge in [-0.15, -0.1) is 0 Å². The van der Waals surface area contributed by atoms with E-state index in [-0.39, 0.29) is 11.7 Å². The second kappa shape index (κ2) is 6.97. The van der Waals surface area contributed by atoms with Gasteiger partial charge in [-0.25, -0.2) is 0 Å². The molecule has 1 amide bonds. The first-order valence-corrected chi connectivity index (χ1v) is 8.51. The number of nitrogens with one attached hydrogen (secondary N) is 1. The maximum Gasteiger partial charge on any atom is 0.257 e. The van der Waals surface area contributed by atoms with Gasteiger partial charge < -0.3 is 10.0 Å². The van der Waals surface area contributed by atoms with Crippen molar-refractivity contribution < 1.29 is 9.90 Å². The number of aromatic nitrogens is 2. The summed E-state index contributed by atoms with van der Waals surface area (Å²) < 4.78 is 0. The Balaban J connectivity index is 2.01. The number of H-pyrrole nitrogens is 1. The molecular weight excluding hydrogens is 314 g/mol. The van der Waals surface area contributed by atoms with Crippen molar-refractivity contribution in [3.63, 3.8) is 0 Å². The van der Waals surface area contributed by atoms with Gasteiger partial charge in [-0.3, -0.25) is 9.89 Å². The lowest BCUT2D eigenvalue weighted by Crippen LogP contribution is -2.27. The minimum atomic E-state index is -0.177. The molecule has 5 heteroatoms. The highest BCUT2D eigenvalue weighted by atomic mass is 16.3. The molecule has 0 aliphatic carbocycles. The predicted octanol–water partition coefficient (Wildman–Crippen LogP) is 3.65. The fraction of sp³-hybridized carbons (Fsp3) is 0.300. The molecular formula is C20H23N3O2. The summed E-state index contributed by atoms with van der Waals surface area (Å²) in [6.45, 7) is 4.75. The normalized spacial score (nSPS) is 11.0. The average Bonchev–Trinajstić information content (AvgIpc) is 2.97. The highest BCUT2D eigenvalue weighted by Crippen LogP contribution is 2.28. The van der Waals surface area contributed by atoms with E-state index in [1.807, 2.05) is 19.1 Å². The highest BCUT2D eigenvalue weighted by Gasteiger charge is 2.18. The summed E-state index contributed by atoms with van der Waals surface area (Å²) in [6, 6.07) is 11.5. The third-order valence-electron chi connectivity index (χ3n) is 4.52. The van der Waals surface area contributed by atoms with Crippen LogP contribution < -0.4 is 0 Å². The molecule has 0 fully saturated rings. The van der Waals surface area contributed by atoms with Crippen molar-refractivity contribution in [3.05, 3.63) is 58.8 Å². The number of phenols is 1. The van der Waals surface area contributed by atoms with Gasteiger partial charge in [-0.1, -0.05) is 31.2 Å². The number of rotatable bonds is 5. The van der Waals surface area contributed by atoms with E-state index in [9.17, 15) is 9.90 Å². The smallest absolute Gasteiger partial charge is 0.257 e. The van der Waals surface area contributed by atoms with Gasteiger partial charge in [-0.2, -0.15) is 5.10 Å². The molecule has 2 N–H and O–H groups in total. The number of aromatic hydroxyl groups is 1. The molecule has 3 aromatic rings. The molecule has 0 unspecified atom stereocenters. The zero-order chi connectivity index (χ0) is 18.0. The minimum Gasteiger partial charge on any atom is -0.507 e. The summed E-state index contributed by atoms with van der Waals surface area (Å²) in [6.07, 6.45) is 1.57. The van der Waals surface area contributed by atoms with Crippen molar-refractivity contribution in [1.82, 2.24) is 15.1 Å². The lowest BCUT2D eigenvalue weighted by atomic mass is 10.0. The molecule has 3 rings (SSSR count). The Morgan fingerprint density at radius 1 is 1.28 bits per heavy atom. The van der Waals surface area contributed by atoms with E-state index in [1.54, 1.807) is 24.1 Å². The Morgan fingerprint density at radius 3 is 2.76 bits per heavy atom. The standard InChI is InChI=1S/C20H23N3O2/c1-4-9-23(3)20(25)16-11-15-17(21-22-18(15)12-19(16)24)10-14-8-6-5-7-13(14)2/h5-8,11-12,24H,4,9-10H2,1-3H3,(H,21,22). The molecule has 130 valence electrons. The zero-order valence-electron chi connectivity index (χ0n) is 14.8. The summed E-state index contributed by atoms with van der Waals surface area (Å²) in [4.78, 5) is 14.2. The number of amides is 1. The van der Waals surface area contributed by atoms with E-state index in [0.717, 1.165) is 17.5 Å². The van der Waals surface area contributed by atoms with Crippen molar-refractivity contribution in [2.24, 2.45) is 0 Å². The predicted molar refractivity (Wildman–Crippen MR) is 99.0 cm³/mol. The van der Waals surface area contributed by atoms with Crippen LogP contribution in [0.5, 0.6) is 5.75 Å². The third-order valence-corrected chi connectivity index (χ3v) is 4.52. The van der Waals surface area contributed by atoms with Crippen molar-refractivity contribution in [1.29, 1.82) is 0 Å². The van der Waals surface area contributed by atoms with Gasteiger partial charge in [0.25, 0.3) is 5.91 Å². The number of fused-ring (bicyclic) bond motifs is 1. The van der Waals surface area contributed by atoms with Gasteiger partial charge in [0, 0.05) is 37.2 Å². The molecule has 0 bridgehead atoms. The monoisotopic (exact) mass is 337 g/mol. The van der Waals surface area contributed by atoms with E-state index in [2.05, 4.69) is 29.3 Å². The molecule has 1 aromatic heterocycles. The molecule has 0 saturated carbocycles. The highest BCUT2D eigenvalue weighted by molar-refractivity contribution is 6.01. The van der Waals surface area contributed by atoms with E-state index >= 15 is 0 Å². The third kappa shape index (κ3) is 3.36. The molecule has 25 heavy (non-hydrogen) atoms. The van der Waals surface area contributed by atoms with Crippen LogP contribution in [0.3, 0.4) is 0 Å². The van der Waals surface area contributed by atoms with Gasteiger partial charge in [0.1, 0.15) is 5.75 Å². The molecule has 2 aromatic carbocycles. The number of hydrogen-bond acceptors (Lipinski definition) is 3. The number of aryl methyl sites for hydroxylation is 1. The number of carbonyl (C=O) groups is 1. The summed E-state index contributed by atoms with van der Waals surface area (Å²) in [5, 5.41) is 18.4. The van der Waals surface area contributed by atoms with Crippen molar-refractivity contribution in [2.45, 2.75) is 26.7 Å². The average molecular weight is 337 g/mol. The Morgan fingerprint density at radius 2 is 2.04 bits per heavy atom. The first-order chi connectivity index (χ1) is 12.0. The van der Waals surface area contributed by atoms with Crippen LogP contribution in [0.1, 0.15) is 40.5 Å². The number of aromatic amines is 1. The molecule has 0 aliphatic heterocycles. The van der Waals surface area contributed by atoms with Crippen molar-refractivity contribution >= 4 is 16.8 Å². The Hall–Kier alpha value is -2.82. The van der Waals surface area contributed by atoms with Crippen LogP contribution in [-0.2, 0) is 6.42 Å². The summed E-state index contributed by atoms with van der Waals surface area (Å²) in [5.74, 6) is -0.210. The van der Waals surface area contributed by atoms with Gasteiger partial charge in [-0.05, 0) is 30.5 Å². The number of benzene rings is 2. The van der Waals surface area contributed by atoms with Crippen LogP contribution >= 0.6 is 0 Å². The van der Waals surface area contributed by atoms with Crippen LogP contribution in [0.4, 0.5) is 0 Å². The fourth-order valence-electron chi connectivity index (χ4n) is 3.05. The molecule has 0 atom stereocenters. The van der Waals surface area contributed by atoms with Crippen LogP contribution in [0, 0.1) is 6.92 Å². The summed E-state index contributed by atoms with van der Waals surface area (Å²) in [7, 11) is 1.75. The quantitative estimate of drug-likeness (QED) is 0.746. The molecule has 0 spiro atoms. The van der Waals surface area contributed by atoms with E-state index < -0.39 is 0 Å². The fourth-order valence-corrected chi connectivity index (χ4v) is 3.05. The van der Waals surface area contributed by atoms with Crippen molar-refractivity contribution in [2.75, 3.05) is 13.6 Å². The van der Waals surface area contributed by atoms with Crippen LogP contribution in [0.15, 0.2) is 36.4 Å². The number of nitrogens with zero attached hydrogens (tertiary/aromatic N) is 2. The number of carbonyl (C=O) groups excluding carboxylic acids is 1. The zero-order valence-corrected chi connectivity index (χ0v) is 14.8. The molecule has 0 saturated heterocycles. The molecule has 0 radical (unpaired) electrons. The SMILES string of the molecule is CCCN(C)C(=O)c1cc2c(Cc3ccccc3C)[nH]nc2cc1O. The second-order valence-corrected chi connectivity index (χ2v) is 6.42. The Bertz CT molecular complexity index is 914. The Labute approximate surface area is 147 Å². The van der Waals surface area contributed by atoms with Gasteiger partial charge >= 0.3 is 0 Å². The minimum absolute atomic E-state index is 0.0330. The first kappa shape index (κ1) is 17.0.